The molecule has 3 heteroatoms. The van der Waals surface area contributed by atoms with E-state index < -0.39 is 0 Å². The molecule has 0 spiro atoms. The third-order valence-electron chi connectivity index (χ3n) is 3.57. The van der Waals surface area contributed by atoms with E-state index in [0.29, 0.717) is 16.5 Å². The SMILES string of the molecule is Cc1c(-c2ccccc2)[nH]c2c(C)cc(F)cc2c1=O. The zero-order valence-electron chi connectivity index (χ0n) is 11.3. The van der Waals surface area contributed by atoms with Crippen LogP contribution < -0.4 is 5.43 Å². The lowest BCUT2D eigenvalue weighted by Gasteiger charge is -2.10. The molecule has 0 bridgehead atoms. The molecule has 20 heavy (non-hydrogen) atoms. The maximum Gasteiger partial charge on any atom is 0.193 e. The molecule has 0 atom stereocenters. The Kier molecular flexibility index (Phi) is 2.90. The van der Waals surface area contributed by atoms with Crippen molar-refractivity contribution >= 4 is 10.9 Å². The number of halogens is 1. The third-order valence-corrected chi connectivity index (χ3v) is 3.57. The van der Waals surface area contributed by atoms with Crippen molar-refractivity contribution in [3.63, 3.8) is 0 Å². The van der Waals surface area contributed by atoms with E-state index in [1.54, 1.807) is 13.8 Å². The predicted octanol–water partition coefficient (Wildman–Crippen LogP) is 3.95. The van der Waals surface area contributed by atoms with Crippen LogP contribution in [0.2, 0.25) is 0 Å². The second-order valence-electron chi connectivity index (χ2n) is 4.97. The van der Waals surface area contributed by atoms with Crippen molar-refractivity contribution in [1.29, 1.82) is 0 Å². The van der Waals surface area contributed by atoms with Crippen molar-refractivity contribution in [2.24, 2.45) is 0 Å². The molecule has 0 unspecified atom stereocenters. The fraction of sp³-hybridized carbons (Fsp3) is 0.118. The molecular formula is C17H14FNO. The molecule has 1 N–H and O–H groups in total. The quantitative estimate of drug-likeness (QED) is 0.711. The van der Waals surface area contributed by atoms with Gasteiger partial charge >= 0.3 is 0 Å². The Morgan fingerprint density at radius 3 is 2.45 bits per heavy atom. The van der Waals surface area contributed by atoms with Gasteiger partial charge in [0, 0.05) is 10.9 Å². The summed E-state index contributed by atoms with van der Waals surface area (Å²) in [5.74, 6) is -0.382. The molecule has 0 saturated heterocycles. The first-order chi connectivity index (χ1) is 9.58. The van der Waals surface area contributed by atoms with E-state index in [0.717, 1.165) is 16.8 Å². The Hall–Kier alpha value is -2.42. The highest BCUT2D eigenvalue weighted by molar-refractivity contribution is 5.85. The summed E-state index contributed by atoms with van der Waals surface area (Å²) in [6.45, 7) is 3.56. The molecule has 100 valence electrons. The normalized spacial score (nSPS) is 10.9. The molecule has 0 fully saturated rings. The van der Waals surface area contributed by atoms with Gasteiger partial charge in [-0.1, -0.05) is 30.3 Å². The lowest BCUT2D eigenvalue weighted by Crippen LogP contribution is -2.10. The number of hydrogen-bond acceptors (Lipinski definition) is 1. The van der Waals surface area contributed by atoms with E-state index in [-0.39, 0.29) is 11.2 Å². The summed E-state index contributed by atoms with van der Waals surface area (Å²) in [5, 5.41) is 0.402. The monoisotopic (exact) mass is 267 g/mol. The number of pyridine rings is 1. The zero-order valence-corrected chi connectivity index (χ0v) is 11.3. The highest BCUT2D eigenvalue weighted by Gasteiger charge is 2.12. The van der Waals surface area contributed by atoms with E-state index in [1.807, 2.05) is 30.3 Å². The van der Waals surface area contributed by atoms with Crippen molar-refractivity contribution in [2.75, 3.05) is 0 Å². The summed E-state index contributed by atoms with van der Waals surface area (Å²) >= 11 is 0. The second-order valence-corrected chi connectivity index (χ2v) is 4.97. The second kappa shape index (κ2) is 4.60. The van der Waals surface area contributed by atoms with Gasteiger partial charge in [-0.05, 0) is 37.1 Å². The smallest absolute Gasteiger partial charge is 0.193 e. The van der Waals surface area contributed by atoms with Crippen LogP contribution in [0.4, 0.5) is 4.39 Å². The number of rotatable bonds is 1. The molecule has 3 aromatic rings. The fourth-order valence-electron chi connectivity index (χ4n) is 2.52. The number of H-pyrrole nitrogens is 1. The first-order valence-electron chi connectivity index (χ1n) is 6.46. The number of benzene rings is 2. The summed E-state index contributed by atoms with van der Waals surface area (Å²) in [4.78, 5) is 15.7. The Morgan fingerprint density at radius 1 is 1.05 bits per heavy atom. The molecule has 3 rings (SSSR count). The Morgan fingerprint density at radius 2 is 1.75 bits per heavy atom. The molecule has 2 nitrogen and oxygen atoms in total. The van der Waals surface area contributed by atoms with Crippen LogP contribution in [-0.2, 0) is 0 Å². The van der Waals surface area contributed by atoms with Gasteiger partial charge in [0.1, 0.15) is 5.82 Å². The van der Waals surface area contributed by atoms with Crippen LogP contribution in [0.25, 0.3) is 22.2 Å². The van der Waals surface area contributed by atoms with Gasteiger partial charge < -0.3 is 4.98 Å². The van der Waals surface area contributed by atoms with Crippen LogP contribution in [0, 0.1) is 19.7 Å². The third kappa shape index (κ3) is 1.92. The summed E-state index contributed by atoms with van der Waals surface area (Å²) < 4.78 is 13.5. The minimum atomic E-state index is -0.382. The van der Waals surface area contributed by atoms with E-state index in [9.17, 15) is 9.18 Å². The highest BCUT2D eigenvalue weighted by Crippen LogP contribution is 2.23. The molecule has 0 aliphatic heterocycles. The molecular weight excluding hydrogens is 253 g/mol. The van der Waals surface area contributed by atoms with Gasteiger partial charge in [-0.3, -0.25) is 4.79 Å². The maximum absolute atomic E-state index is 13.5. The molecule has 2 aromatic carbocycles. The average Bonchev–Trinajstić information content (AvgIpc) is 2.44. The minimum absolute atomic E-state index is 0.125. The number of aromatic nitrogens is 1. The molecule has 0 saturated carbocycles. The Labute approximate surface area is 115 Å². The van der Waals surface area contributed by atoms with Gasteiger partial charge in [-0.15, -0.1) is 0 Å². The van der Waals surface area contributed by atoms with Crippen LogP contribution in [0.5, 0.6) is 0 Å². The highest BCUT2D eigenvalue weighted by atomic mass is 19.1. The van der Waals surface area contributed by atoms with Crippen LogP contribution in [0.1, 0.15) is 11.1 Å². The average molecular weight is 267 g/mol. The fourth-order valence-corrected chi connectivity index (χ4v) is 2.52. The van der Waals surface area contributed by atoms with E-state index >= 15 is 0 Å². The van der Waals surface area contributed by atoms with Crippen molar-refractivity contribution in [2.45, 2.75) is 13.8 Å². The molecule has 0 aliphatic rings. The standard InChI is InChI=1S/C17H14FNO/c1-10-8-13(18)9-14-15(10)19-16(11(2)17(14)20)12-6-4-3-5-7-12/h3-9H,1-2H3,(H,19,20). The van der Waals surface area contributed by atoms with Gasteiger partial charge in [-0.2, -0.15) is 0 Å². The van der Waals surface area contributed by atoms with Crippen LogP contribution >= 0.6 is 0 Å². The van der Waals surface area contributed by atoms with E-state index in [2.05, 4.69) is 4.98 Å². The lowest BCUT2D eigenvalue weighted by molar-refractivity contribution is 0.628. The number of nitrogens with one attached hydrogen (secondary N) is 1. The number of hydrogen-bond donors (Lipinski definition) is 1. The van der Waals surface area contributed by atoms with Crippen molar-refractivity contribution in [3.05, 3.63) is 69.6 Å². The molecule has 1 heterocycles. The van der Waals surface area contributed by atoms with E-state index in [1.165, 1.54) is 12.1 Å². The van der Waals surface area contributed by atoms with Gasteiger partial charge in [-0.25, -0.2) is 4.39 Å². The Bertz CT molecular complexity index is 850. The van der Waals surface area contributed by atoms with Crippen molar-refractivity contribution in [1.82, 2.24) is 4.98 Å². The number of fused-ring (bicyclic) bond motifs is 1. The first-order valence-corrected chi connectivity index (χ1v) is 6.46. The summed E-state index contributed by atoms with van der Waals surface area (Å²) in [6, 6.07) is 12.4. The van der Waals surface area contributed by atoms with Crippen molar-refractivity contribution in [3.8, 4) is 11.3 Å². The summed E-state index contributed by atoms with van der Waals surface area (Å²) in [6.07, 6.45) is 0. The first kappa shape index (κ1) is 12.6. The van der Waals surface area contributed by atoms with Gasteiger partial charge in [0.2, 0.25) is 0 Å². The van der Waals surface area contributed by atoms with Gasteiger partial charge in [0.15, 0.2) is 5.43 Å². The van der Waals surface area contributed by atoms with Crippen LogP contribution in [0.3, 0.4) is 0 Å². The molecule has 0 aliphatic carbocycles. The Balaban J connectivity index is 2.42. The minimum Gasteiger partial charge on any atom is -0.354 e. The van der Waals surface area contributed by atoms with Crippen molar-refractivity contribution < 1.29 is 4.39 Å². The molecule has 0 amide bonds. The predicted molar refractivity (Wildman–Crippen MR) is 79.4 cm³/mol. The maximum atomic E-state index is 13.5. The largest absolute Gasteiger partial charge is 0.354 e. The van der Waals surface area contributed by atoms with E-state index in [4.69, 9.17) is 0 Å². The van der Waals surface area contributed by atoms with Crippen LogP contribution in [0.15, 0.2) is 47.3 Å². The number of aryl methyl sites for hydroxylation is 1. The number of aromatic amines is 1. The van der Waals surface area contributed by atoms with Gasteiger partial charge in [0.05, 0.1) is 11.2 Å². The van der Waals surface area contributed by atoms with Crippen LogP contribution in [-0.4, -0.2) is 4.98 Å². The summed E-state index contributed by atoms with van der Waals surface area (Å²) in [5.41, 5.74) is 3.65. The molecule has 1 aromatic heterocycles. The lowest BCUT2D eigenvalue weighted by atomic mass is 10.0. The zero-order chi connectivity index (χ0) is 14.3. The topological polar surface area (TPSA) is 32.9 Å². The van der Waals surface area contributed by atoms with Gasteiger partial charge in [0.25, 0.3) is 0 Å². The summed E-state index contributed by atoms with van der Waals surface area (Å²) in [7, 11) is 0. The molecule has 0 radical (unpaired) electrons.